The normalized spacial score (nSPS) is 27.5. The number of halogens is 1. The van der Waals surface area contributed by atoms with Crippen LogP contribution < -0.4 is 0 Å². The van der Waals surface area contributed by atoms with Crippen LogP contribution in [-0.4, -0.2) is 71.8 Å². The van der Waals surface area contributed by atoms with Crippen molar-refractivity contribution in [3.8, 4) is 0 Å². The lowest BCUT2D eigenvalue weighted by Crippen LogP contribution is -2.60. The third-order valence-corrected chi connectivity index (χ3v) is 5.33. The molecular formula is C17H22ClN3O2. The highest BCUT2D eigenvalue weighted by Gasteiger charge is 2.45. The van der Waals surface area contributed by atoms with Crippen molar-refractivity contribution < 1.29 is 9.59 Å². The zero-order chi connectivity index (χ0) is 16.7. The van der Waals surface area contributed by atoms with Gasteiger partial charge in [0.1, 0.15) is 6.04 Å². The van der Waals surface area contributed by atoms with Gasteiger partial charge >= 0.3 is 0 Å². The standard InChI is InChI=1S/C17H22ClN3O2/c1-11-16(22)21-9-12(19(2)3)8-13(21)10-20(11)17(23)14-6-4-5-7-15(14)18/h4-7,11-13H,8-10H2,1-3H3/t11-,12-,13-/m0/s1. The number of hydrogen-bond donors (Lipinski definition) is 0. The summed E-state index contributed by atoms with van der Waals surface area (Å²) >= 11 is 6.15. The van der Waals surface area contributed by atoms with Crippen LogP contribution in [0.1, 0.15) is 23.7 Å². The van der Waals surface area contributed by atoms with E-state index in [0.29, 0.717) is 23.2 Å². The molecule has 2 saturated heterocycles. The molecule has 0 bridgehead atoms. The van der Waals surface area contributed by atoms with Crippen LogP contribution in [0.15, 0.2) is 24.3 Å². The molecule has 2 fully saturated rings. The Morgan fingerprint density at radius 1 is 1.26 bits per heavy atom. The first-order valence-electron chi connectivity index (χ1n) is 7.92. The van der Waals surface area contributed by atoms with E-state index >= 15 is 0 Å². The first-order chi connectivity index (χ1) is 10.9. The van der Waals surface area contributed by atoms with Crippen LogP contribution in [0.5, 0.6) is 0 Å². The predicted octanol–water partition coefficient (Wildman–Crippen LogP) is 1.72. The van der Waals surface area contributed by atoms with Crippen molar-refractivity contribution in [1.29, 1.82) is 0 Å². The van der Waals surface area contributed by atoms with Gasteiger partial charge in [-0.1, -0.05) is 23.7 Å². The minimum atomic E-state index is -0.448. The molecule has 1 aromatic rings. The summed E-state index contributed by atoms with van der Waals surface area (Å²) in [7, 11) is 4.06. The number of benzene rings is 1. The van der Waals surface area contributed by atoms with Crippen LogP contribution in [0.4, 0.5) is 0 Å². The van der Waals surface area contributed by atoms with Crippen molar-refractivity contribution in [2.24, 2.45) is 0 Å². The molecule has 3 atom stereocenters. The fraction of sp³-hybridized carbons (Fsp3) is 0.529. The molecular weight excluding hydrogens is 314 g/mol. The quantitative estimate of drug-likeness (QED) is 0.826. The molecule has 0 unspecified atom stereocenters. The van der Waals surface area contributed by atoms with Gasteiger partial charge in [-0.15, -0.1) is 0 Å². The Morgan fingerprint density at radius 2 is 1.96 bits per heavy atom. The minimum absolute atomic E-state index is 0.0333. The van der Waals surface area contributed by atoms with Crippen LogP contribution in [0.3, 0.4) is 0 Å². The Bertz CT molecular complexity index is 634. The summed E-state index contributed by atoms with van der Waals surface area (Å²) in [5.41, 5.74) is 0.462. The zero-order valence-electron chi connectivity index (χ0n) is 13.7. The number of carbonyl (C=O) groups excluding carboxylic acids is 2. The molecule has 2 heterocycles. The number of nitrogens with zero attached hydrogens (tertiary/aromatic N) is 3. The second kappa shape index (κ2) is 6.13. The Hall–Kier alpha value is -1.59. The van der Waals surface area contributed by atoms with E-state index in [1.54, 1.807) is 36.1 Å². The van der Waals surface area contributed by atoms with Gasteiger partial charge in [0.05, 0.1) is 16.6 Å². The first-order valence-corrected chi connectivity index (χ1v) is 8.30. The number of fused-ring (bicyclic) bond motifs is 1. The van der Waals surface area contributed by atoms with Gasteiger partial charge in [0, 0.05) is 19.1 Å². The van der Waals surface area contributed by atoms with Gasteiger partial charge in [0.25, 0.3) is 5.91 Å². The fourth-order valence-corrected chi connectivity index (χ4v) is 3.73. The van der Waals surface area contributed by atoms with Gasteiger partial charge in [-0.2, -0.15) is 0 Å². The lowest BCUT2D eigenvalue weighted by Gasteiger charge is -2.41. The van der Waals surface area contributed by atoms with Gasteiger partial charge in [-0.05, 0) is 39.6 Å². The minimum Gasteiger partial charge on any atom is -0.335 e. The van der Waals surface area contributed by atoms with Gasteiger partial charge in [0.2, 0.25) is 5.91 Å². The topological polar surface area (TPSA) is 43.9 Å². The van der Waals surface area contributed by atoms with Crippen LogP contribution in [0.25, 0.3) is 0 Å². The lowest BCUT2D eigenvalue weighted by molar-refractivity contribution is -0.141. The molecule has 0 N–H and O–H groups in total. The molecule has 0 aromatic heterocycles. The van der Waals surface area contributed by atoms with E-state index < -0.39 is 6.04 Å². The molecule has 0 saturated carbocycles. The molecule has 2 aliphatic rings. The predicted molar refractivity (Wildman–Crippen MR) is 89.5 cm³/mol. The molecule has 6 heteroatoms. The summed E-state index contributed by atoms with van der Waals surface area (Å²) in [6.45, 7) is 3.12. The maximum atomic E-state index is 12.8. The monoisotopic (exact) mass is 335 g/mol. The largest absolute Gasteiger partial charge is 0.335 e. The summed E-state index contributed by atoms with van der Waals surface area (Å²) < 4.78 is 0. The molecule has 0 spiro atoms. The third kappa shape index (κ3) is 2.83. The van der Waals surface area contributed by atoms with Gasteiger partial charge in [-0.25, -0.2) is 0 Å². The number of rotatable bonds is 2. The van der Waals surface area contributed by atoms with Crippen molar-refractivity contribution in [2.45, 2.75) is 31.5 Å². The molecule has 2 aliphatic heterocycles. The highest BCUT2D eigenvalue weighted by Crippen LogP contribution is 2.29. The SMILES string of the molecule is C[C@H]1C(=O)N2C[C@@H](N(C)C)C[C@H]2CN1C(=O)c1ccccc1Cl. The van der Waals surface area contributed by atoms with Crippen molar-refractivity contribution >= 4 is 23.4 Å². The molecule has 0 aliphatic carbocycles. The number of likely N-dealkylation sites (N-methyl/N-ethyl adjacent to an activating group) is 1. The highest BCUT2D eigenvalue weighted by molar-refractivity contribution is 6.33. The van der Waals surface area contributed by atoms with E-state index in [1.807, 2.05) is 19.0 Å². The molecule has 5 nitrogen and oxygen atoms in total. The van der Waals surface area contributed by atoms with Crippen LogP contribution in [0, 0.1) is 0 Å². The Balaban J connectivity index is 1.84. The molecule has 0 radical (unpaired) electrons. The maximum Gasteiger partial charge on any atom is 0.256 e. The van der Waals surface area contributed by atoms with E-state index in [2.05, 4.69) is 4.90 Å². The second-order valence-electron chi connectivity index (χ2n) is 6.61. The van der Waals surface area contributed by atoms with E-state index in [-0.39, 0.29) is 17.9 Å². The van der Waals surface area contributed by atoms with Crippen LogP contribution in [-0.2, 0) is 4.79 Å². The van der Waals surface area contributed by atoms with Crippen molar-refractivity contribution in [3.05, 3.63) is 34.9 Å². The van der Waals surface area contributed by atoms with Gasteiger partial charge < -0.3 is 14.7 Å². The van der Waals surface area contributed by atoms with Gasteiger partial charge in [-0.3, -0.25) is 9.59 Å². The Labute approximate surface area is 141 Å². The summed E-state index contributed by atoms with van der Waals surface area (Å²) in [5, 5.41) is 0.428. The molecule has 2 amide bonds. The van der Waals surface area contributed by atoms with Crippen LogP contribution >= 0.6 is 11.6 Å². The average molecular weight is 336 g/mol. The number of amides is 2. The molecule has 23 heavy (non-hydrogen) atoms. The second-order valence-corrected chi connectivity index (χ2v) is 7.02. The van der Waals surface area contributed by atoms with Crippen LogP contribution in [0.2, 0.25) is 5.02 Å². The highest BCUT2D eigenvalue weighted by atomic mass is 35.5. The van der Waals surface area contributed by atoms with Crippen molar-refractivity contribution in [1.82, 2.24) is 14.7 Å². The fourth-order valence-electron chi connectivity index (χ4n) is 3.52. The van der Waals surface area contributed by atoms with E-state index in [4.69, 9.17) is 11.6 Å². The smallest absolute Gasteiger partial charge is 0.256 e. The van der Waals surface area contributed by atoms with Gasteiger partial charge in [0.15, 0.2) is 0 Å². The van der Waals surface area contributed by atoms with E-state index in [1.165, 1.54) is 0 Å². The third-order valence-electron chi connectivity index (χ3n) is 5.00. The van der Waals surface area contributed by atoms with E-state index in [0.717, 1.165) is 13.0 Å². The summed E-state index contributed by atoms with van der Waals surface area (Å²) in [6.07, 6.45) is 0.901. The summed E-state index contributed by atoms with van der Waals surface area (Å²) in [4.78, 5) is 31.3. The number of piperazine rings is 1. The van der Waals surface area contributed by atoms with E-state index in [9.17, 15) is 9.59 Å². The van der Waals surface area contributed by atoms with Crippen molar-refractivity contribution in [3.63, 3.8) is 0 Å². The maximum absolute atomic E-state index is 12.8. The summed E-state index contributed by atoms with van der Waals surface area (Å²) in [6, 6.07) is 7.00. The Kier molecular flexibility index (Phi) is 4.34. The molecule has 3 rings (SSSR count). The average Bonchev–Trinajstić information content (AvgIpc) is 2.95. The number of hydrogen-bond acceptors (Lipinski definition) is 3. The number of carbonyl (C=O) groups is 2. The first kappa shape index (κ1) is 16.3. The molecule has 1 aromatic carbocycles. The Morgan fingerprint density at radius 3 is 2.61 bits per heavy atom. The zero-order valence-corrected chi connectivity index (χ0v) is 14.5. The lowest BCUT2D eigenvalue weighted by atomic mass is 10.0. The molecule has 124 valence electrons. The van der Waals surface area contributed by atoms with Crippen molar-refractivity contribution in [2.75, 3.05) is 27.2 Å². The summed E-state index contributed by atoms with van der Waals surface area (Å²) in [5.74, 6) is -0.129.